The Morgan fingerprint density at radius 2 is 1.90 bits per heavy atom. The average Bonchev–Trinajstić information content (AvgIpc) is 3.08. The van der Waals surface area contributed by atoms with Crippen LogP contribution in [0.1, 0.15) is 24.4 Å². The van der Waals surface area contributed by atoms with Crippen molar-refractivity contribution in [2.24, 2.45) is 0 Å². The molecule has 3 rings (SSSR count). The predicted octanol–water partition coefficient (Wildman–Crippen LogP) is 2.22. The predicted molar refractivity (Wildman–Crippen MR) is 114 cm³/mol. The number of benzene rings is 1. The van der Waals surface area contributed by atoms with Crippen LogP contribution in [0.4, 0.5) is 0 Å². The van der Waals surface area contributed by atoms with Gasteiger partial charge in [0.2, 0.25) is 15.9 Å². The minimum Gasteiger partial charge on any atom is -0.373 e. The van der Waals surface area contributed by atoms with Crippen molar-refractivity contribution in [2.75, 3.05) is 25.4 Å². The summed E-state index contributed by atoms with van der Waals surface area (Å²) in [5.74, 6) is -0.304. The van der Waals surface area contributed by atoms with Crippen molar-refractivity contribution >= 4 is 27.3 Å². The lowest BCUT2D eigenvalue weighted by Gasteiger charge is -2.34. The molecule has 1 fully saturated rings. The van der Waals surface area contributed by atoms with E-state index in [1.807, 2.05) is 50.4 Å². The quantitative estimate of drug-likeness (QED) is 0.718. The van der Waals surface area contributed by atoms with E-state index in [2.05, 4.69) is 10.3 Å². The number of amides is 1. The topological polar surface area (TPSA) is 88.6 Å². The minimum atomic E-state index is -3.42. The highest BCUT2D eigenvalue weighted by Gasteiger charge is 2.30. The molecule has 2 heterocycles. The molecule has 0 bridgehead atoms. The summed E-state index contributed by atoms with van der Waals surface area (Å²) in [4.78, 5) is 16.6. The van der Waals surface area contributed by atoms with E-state index in [4.69, 9.17) is 4.74 Å². The molecule has 1 N–H and O–H groups in total. The highest BCUT2D eigenvalue weighted by Crippen LogP contribution is 2.22. The smallest absolute Gasteiger partial charge is 0.224 e. The summed E-state index contributed by atoms with van der Waals surface area (Å²) >= 11 is 1.60. The number of thiazole rings is 1. The number of hydrogen-bond donors (Lipinski definition) is 1. The number of nitrogens with one attached hydrogen (secondary N) is 1. The lowest BCUT2D eigenvalue weighted by atomic mass is 10.1. The molecule has 7 nitrogen and oxygen atoms in total. The Balaban J connectivity index is 1.47. The van der Waals surface area contributed by atoms with Gasteiger partial charge in [0.05, 0.1) is 35.1 Å². The van der Waals surface area contributed by atoms with Gasteiger partial charge in [0.1, 0.15) is 0 Å². The number of carbonyl (C=O) groups excluding carboxylic acids is 1. The van der Waals surface area contributed by atoms with Crippen LogP contribution in [0.2, 0.25) is 0 Å². The monoisotopic (exact) mass is 437 g/mol. The minimum absolute atomic E-state index is 0.0947. The van der Waals surface area contributed by atoms with Gasteiger partial charge in [-0.1, -0.05) is 24.3 Å². The van der Waals surface area contributed by atoms with Crippen molar-refractivity contribution in [1.29, 1.82) is 0 Å². The Bertz CT molecular complexity index is 931. The molecule has 1 saturated heterocycles. The summed E-state index contributed by atoms with van der Waals surface area (Å²) in [6.45, 7) is 6.49. The van der Waals surface area contributed by atoms with Crippen LogP contribution in [-0.2, 0) is 26.0 Å². The number of aromatic nitrogens is 1. The Hall–Kier alpha value is -1.81. The number of ether oxygens (including phenoxy) is 1. The maximum absolute atomic E-state index is 12.5. The average molecular weight is 438 g/mol. The third-order valence-corrected chi connectivity index (χ3v) is 7.27. The first-order chi connectivity index (χ1) is 13.7. The van der Waals surface area contributed by atoms with Crippen LogP contribution in [0.5, 0.6) is 0 Å². The second-order valence-electron chi connectivity index (χ2n) is 7.37. The zero-order valence-electron chi connectivity index (χ0n) is 16.9. The SMILES string of the molecule is Cc1nc(-c2ccc(CC(=O)NCCS(=O)(=O)N3C[C@H](C)O[C@@H](C)C3)cc2)cs1. The van der Waals surface area contributed by atoms with Crippen LogP contribution in [0, 0.1) is 6.92 Å². The maximum Gasteiger partial charge on any atom is 0.224 e. The number of carbonyl (C=O) groups is 1. The van der Waals surface area contributed by atoms with Gasteiger partial charge in [-0.3, -0.25) is 4.79 Å². The fraction of sp³-hybridized carbons (Fsp3) is 0.500. The number of morpholine rings is 1. The molecule has 1 aromatic heterocycles. The second kappa shape index (κ2) is 9.34. The van der Waals surface area contributed by atoms with Crippen LogP contribution in [0.3, 0.4) is 0 Å². The van der Waals surface area contributed by atoms with Crippen LogP contribution in [0.25, 0.3) is 11.3 Å². The molecule has 0 aliphatic carbocycles. The van der Waals surface area contributed by atoms with Crippen molar-refractivity contribution in [3.05, 3.63) is 40.2 Å². The van der Waals surface area contributed by atoms with Gasteiger partial charge in [-0.15, -0.1) is 11.3 Å². The Morgan fingerprint density at radius 1 is 1.24 bits per heavy atom. The van der Waals surface area contributed by atoms with E-state index < -0.39 is 10.0 Å². The Morgan fingerprint density at radius 3 is 2.48 bits per heavy atom. The summed E-state index contributed by atoms with van der Waals surface area (Å²) in [6, 6.07) is 7.69. The molecular weight excluding hydrogens is 410 g/mol. The number of sulfonamides is 1. The third-order valence-electron chi connectivity index (χ3n) is 4.70. The Labute approximate surface area is 176 Å². The van der Waals surface area contributed by atoms with Crippen molar-refractivity contribution in [2.45, 2.75) is 39.4 Å². The second-order valence-corrected chi connectivity index (χ2v) is 10.5. The van der Waals surface area contributed by atoms with Gasteiger partial charge in [-0.25, -0.2) is 13.4 Å². The lowest BCUT2D eigenvalue weighted by Crippen LogP contribution is -2.49. The van der Waals surface area contributed by atoms with E-state index >= 15 is 0 Å². The molecule has 158 valence electrons. The number of rotatable bonds is 7. The van der Waals surface area contributed by atoms with Crippen molar-refractivity contribution in [3.63, 3.8) is 0 Å². The van der Waals surface area contributed by atoms with Gasteiger partial charge in [0.15, 0.2) is 0 Å². The van der Waals surface area contributed by atoms with Crippen LogP contribution >= 0.6 is 11.3 Å². The maximum atomic E-state index is 12.5. The zero-order valence-corrected chi connectivity index (χ0v) is 18.6. The largest absolute Gasteiger partial charge is 0.373 e. The van der Waals surface area contributed by atoms with Crippen LogP contribution in [0.15, 0.2) is 29.6 Å². The zero-order chi connectivity index (χ0) is 21.0. The standard InChI is InChI=1S/C20H27N3O4S2/c1-14-11-23(12-15(2)27-14)29(25,26)9-8-21-20(24)10-17-4-6-18(7-5-17)19-13-28-16(3)22-19/h4-7,13-15H,8-12H2,1-3H3,(H,21,24)/t14-,15-/m0/s1. The molecule has 1 amide bonds. The highest BCUT2D eigenvalue weighted by molar-refractivity contribution is 7.89. The van der Waals surface area contributed by atoms with Gasteiger partial charge in [-0.05, 0) is 26.3 Å². The van der Waals surface area contributed by atoms with Gasteiger partial charge in [0, 0.05) is 30.6 Å². The number of aryl methyl sites for hydroxylation is 1. The molecule has 1 aromatic carbocycles. The summed E-state index contributed by atoms with van der Waals surface area (Å²) < 4.78 is 32.0. The number of nitrogens with zero attached hydrogens (tertiary/aromatic N) is 2. The molecule has 0 unspecified atom stereocenters. The van der Waals surface area contributed by atoms with E-state index in [9.17, 15) is 13.2 Å². The molecule has 0 spiro atoms. The van der Waals surface area contributed by atoms with E-state index in [1.54, 1.807) is 11.3 Å². The van der Waals surface area contributed by atoms with E-state index in [0.717, 1.165) is 21.8 Å². The lowest BCUT2D eigenvalue weighted by molar-refractivity contribution is -0.120. The highest BCUT2D eigenvalue weighted by atomic mass is 32.2. The van der Waals surface area contributed by atoms with Gasteiger partial charge in [-0.2, -0.15) is 4.31 Å². The first-order valence-electron chi connectivity index (χ1n) is 9.64. The first-order valence-corrected chi connectivity index (χ1v) is 12.1. The molecule has 0 saturated carbocycles. The van der Waals surface area contributed by atoms with Crippen molar-refractivity contribution < 1.29 is 17.9 Å². The number of hydrogen-bond acceptors (Lipinski definition) is 6. The van der Waals surface area contributed by atoms with E-state index in [0.29, 0.717) is 13.1 Å². The molecular formula is C20H27N3O4S2. The summed E-state index contributed by atoms with van der Waals surface area (Å²) in [5, 5.41) is 5.73. The Kier molecular flexibility index (Phi) is 7.05. The summed E-state index contributed by atoms with van der Waals surface area (Å²) in [7, 11) is -3.42. The third kappa shape index (κ3) is 6.08. The molecule has 2 atom stereocenters. The summed E-state index contributed by atoms with van der Waals surface area (Å²) in [6.07, 6.45) is -0.0410. The molecule has 1 aliphatic rings. The first kappa shape index (κ1) is 21.9. The van der Waals surface area contributed by atoms with Gasteiger partial charge < -0.3 is 10.1 Å². The fourth-order valence-electron chi connectivity index (χ4n) is 3.34. The molecule has 0 radical (unpaired) electrons. The fourth-order valence-corrected chi connectivity index (χ4v) is 5.46. The van der Waals surface area contributed by atoms with Crippen molar-refractivity contribution in [3.8, 4) is 11.3 Å². The normalized spacial score (nSPS) is 20.5. The molecule has 9 heteroatoms. The molecule has 2 aromatic rings. The summed E-state index contributed by atoms with van der Waals surface area (Å²) in [5.41, 5.74) is 2.82. The molecule has 1 aliphatic heterocycles. The van der Waals surface area contributed by atoms with Crippen LogP contribution < -0.4 is 5.32 Å². The van der Waals surface area contributed by atoms with E-state index in [1.165, 1.54) is 4.31 Å². The van der Waals surface area contributed by atoms with Gasteiger partial charge in [0.25, 0.3) is 0 Å². The molecule has 29 heavy (non-hydrogen) atoms. The van der Waals surface area contributed by atoms with Crippen molar-refractivity contribution in [1.82, 2.24) is 14.6 Å². The van der Waals surface area contributed by atoms with Gasteiger partial charge >= 0.3 is 0 Å². The van der Waals surface area contributed by atoms with E-state index in [-0.39, 0.29) is 36.8 Å². The van der Waals surface area contributed by atoms with Crippen LogP contribution in [-0.4, -0.2) is 61.2 Å².